The first-order valence-electron chi connectivity index (χ1n) is 5.11. The van der Waals surface area contributed by atoms with Crippen molar-refractivity contribution < 1.29 is 0 Å². The maximum absolute atomic E-state index is 5.16. The first-order chi connectivity index (χ1) is 7.42. The minimum Gasteiger partial charge on any atom is -0.361 e. The van der Waals surface area contributed by atoms with Gasteiger partial charge in [-0.05, 0) is 18.1 Å². The minimum atomic E-state index is 0.641. The van der Waals surface area contributed by atoms with E-state index < -0.39 is 0 Å². The van der Waals surface area contributed by atoms with Crippen molar-refractivity contribution in [2.75, 3.05) is 13.2 Å². The van der Waals surface area contributed by atoms with E-state index in [0.717, 1.165) is 13.0 Å². The van der Waals surface area contributed by atoms with E-state index in [2.05, 4.69) is 40.1 Å². The highest BCUT2D eigenvalue weighted by molar-refractivity contribution is 5.83. The topological polar surface area (TPSA) is 65.9 Å². The highest BCUT2D eigenvalue weighted by Gasteiger charge is 2.01. The van der Waals surface area contributed by atoms with E-state index in [-0.39, 0.29) is 0 Å². The minimum absolute atomic E-state index is 0.641. The van der Waals surface area contributed by atoms with Crippen molar-refractivity contribution in [2.24, 2.45) is 5.84 Å². The lowest BCUT2D eigenvalue weighted by Crippen LogP contribution is -2.34. The summed E-state index contributed by atoms with van der Waals surface area (Å²) >= 11 is 0. The van der Waals surface area contributed by atoms with Crippen molar-refractivity contribution in [3.05, 3.63) is 36.0 Å². The molecule has 0 amide bonds. The maximum atomic E-state index is 5.16. The van der Waals surface area contributed by atoms with E-state index in [0.29, 0.717) is 6.67 Å². The Morgan fingerprint density at radius 3 is 3.00 bits per heavy atom. The number of hydrogen-bond donors (Lipinski definition) is 4. The summed E-state index contributed by atoms with van der Waals surface area (Å²) in [7, 11) is 0. The molecule has 5 N–H and O–H groups in total. The van der Waals surface area contributed by atoms with E-state index >= 15 is 0 Å². The molecule has 2 aromatic rings. The Bertz CT molecular complexity index is 421. The van der Waals surface area contributed by atoms with E-state index in [1.807, 2.05) is 6.07 Å². The number of H-pyrrole nitrogens is 1. The van der Waals surface area contributed by atoms with Gasteiger partial charge in [-0.25, -0.2) is 5.43 Å². The van der Waals surface area contributed by atoms with E-state index in [9.17, 15) is 0 Å². The van der Waals surface area contributed by atoms with Crippen molar-refractivity contribution in [3.63, 3.8) is 0 Å². The number of para-hydroxylation sites is 1. The molecule has 1 heterocycles. The van der Waals surface area contributed by atoms with Gasteiger partial charge in [0.25, 0.3) is 0 Å². The fourth-order valence-corrected chi connectivity index (χ4v) is 1.72. The largest absolute Gasteiger partial charge is 0.361 e. The standard InChI is InChI=1S/C11H16N4/c12-15-8-13-6-5-9-7-14-11-4-2-1-3-10(9)11/h1-4,7,13-15H,5-6,8,12H2. The molecule has 0 fully saturated rings. The van der Waals surface area contributed by atoms with Gasteiger partial charge in [0.1, 0.15) is 0 Å². The molecular formula is C11H16N4. The summed E-state index contributed by atoms with van der Waals surface area (Å²) < 4.78 is 0. The normalized spacial score (nSPS) is 11.0. The Balaban J connectivity index is 2.02. The van der Waals surface area contributed by atoms with Crippen molar-refractivity contribution in [3.8, 4) is 0 Å². The van der Waals surface area contributed by atoms with Crippen molar-refractivity contribution in [1.82, 2.24) is 15.7 Å². The average molecular weight is 204 g/mol. The van der Waals surface area contributed by atoms with E-state index in [1.165, 1.54) is 16.5 Å². The van der Waals surface area contributed by atoms with Gasteiger partial charge in [-0.15, -0.1) is 0 Å². The van der Waals surface area contributed by atoms with Gasteiger partial charge in [-0.1, -0.05) is 18.2 Å². The van der Waals surface area contributed by atoms with Gasteiger partial charge >= 0.3 is 0 Å². The number of hydrazine groups is 1. The van der Waals surface area contributed by atoms with E-state index in [4.69, 9.17) is 5.84 Å². The third-order valence-corrected chi connectivity index (χ3v) is 2.47. The molecule has 0 aliphatic carbocycles. The molecule has 2 rings (SSSR count). The molecular weight excluding hydrogens is 188 g/mol. The number of aromatic nitrogens is 1. The zero-order chi connectivity index (χ0) is 10.5. The smallest absolute Gasteiger partial charge is 0.0587 e. The first-order valence-corrected chi connectivity index (χ1v) is 5.11. The second-order valence-electron chi connectivity index (χ2n) is 3.49. The lowest BCUT2D eigenvalue weighted by molar-refractivity contribution is 0.602. The molecule has 15 heavy (non-hydrogen) atoms. The summed E-state index contributed by atoms with van der Waals surface area (Å²) in [5, 5.41) is 4.49. The van der Waals surface area contributed by atoms with Gasteiger partial charge in [0, 0.05) is 23.6 Å². The third kappa shape index (κ3) is 2.36. The van der Waals surface area contributed by atoms with Gasteiger partial charge in [0.2, 0.25) is 0 Å². The second-order valence-corrected chi connectivity index (χ2v) is 3.49. The number of rotatable bonds is 5. The predicted octanol–water partition coefficient (Wildman–Crippen LogP) is 0.721. The molecule has 1 aromatic carbocycles. The Labute approximate surface area is 88.8 Å². The number of fused-ring (bicyclic) bond motifs is 1. The zero-order valence-electron chi connectivity index (χ0n) is 8.59. The lowest BCUT2D eigenvalue weighted by Gasteiger charge is -2.02. The first kappa shape index (κ1) is 10.2. The molecule has 0 saturated heterocycles. The molecule has 0 aliphatic heterocycles. The van der Waals surface area contributed by atoms with Crippen LogP contribution >= 0.6 is 0 Å². The van der Waals surface area contributed by atoms with Crippen molar-refractivity contribution in [1.29, 1.82) is 0 Å². The molecule has 4 nitrogen and oxygen atoms in total. The summed E-state index contributed by atoms with van der Waals surface area (Å²) in [5.41, 5.74) is 5.11. The molecule has 0 aliphatic rings. The summed E-state index contributed by atoms with van der Waals surface area (Å²) in [6.07, 6.45) is 3.08. The summed E-state index contributed by atoms with van der Waals surface area (Å²) in [6.45, 7) is 1.56. The molecule has 4 heteroatoms. The van der Waals surface area contributed by atoms with Crippen LogP contribution in [-0.4, -0.2) is 18.2 Å². The van der Waals surface area contributed by atoms with Gasteiger partial charge in [-0.2, -0.15) is 0 Å². The second kappa shape index (κ2) is 4.93. The monoisotopic (exact) mass is 204 g/mol. The van der Waals surface area contributed by atoms with Crippen LogP contribution in [0.2, 0.25) is 0 Å². The van der Waals surface area contributed by atoms with Crippen LogP contribution in [0.25, 0.3) is 10.9 Å². The summed E-state index contributed by atoms with van der Waals surface area (Å²) in [5.74, 6) is 5.16. The molecule has 0 saturated carbocycles. The summed E-state index contributed by atoms with van der Waals surface area (Å²) in [4.78, 5) is 3.26. The Morgan fingerprint density at radius 2 is 2.13 bits per heavy atom. The van der Waals surface area contributed by atoms with Crippen molar-refractivity contribution in [2.45, 2.75) is 6.42 Å². The van der Waals surface area contributed by atoms with Crippen LogP contribution in [0.15, 0.2) is 30.5 Å². The van der Waals surface area contributed by atoms with Crippen LogP contribution < -0.4 is 16.6 Å². The number of nitrogens with two attached hydrogens (primary N) is 1. The molecule has 0 radical (unpaired) electrons. The quantitative estimate of drug-likeness (QED) is 0.251. The lowest BCUT2D eigenvalue weighted by atomic mass is 10.1. The van der Waals surface area contributed by atoms with Gasteiger partial charge in [0.15, 0.2) is 0 Å². The van der Waals surface area contributed by atoms with Crippen LogP contribution in [0, 0.1) is 0 Å². The molecule has 0 bridgehead atoms. The number of nitrogens with one attached hydrogen (secondary N) is 3. The van der Waals surface area contributed by atoms with Crippen LogP contribution in [0.3, 0.4) is 0 Å². The zero-order valence-corrected chi connectivity index (χ0v) is 8.59. The highest BCUT2D eigenvalue weighted by Crippen LogP contribution is 2.17. The highest BCUT2D eigenvalue weighted by atomic mass is 15.3. The Morgan fingerprint density at radius 1 is 1.27 bits per heavy atom. The Hall–Kier alpha value is -1.36. The molecule has 0 unspecified atom stereocenters. The van der Waals surface area contributed by atoms with Gasteiger partial charge in [-0.3, -0.25) is 5.84 Å². The van der Waals surface area contributed by atoms with Gasteiger partial charge in [0.05, 0.1) is 6.67 Å². The number of aromatic amines is 1. The molecule has 1 aromatic heterocycles. The number of hydrogen-bond acceptors (Lipinski definition) is 3. The molecule has 0 atom stereocenters. The van der Waals surface area contributed by atoms with Crippen LogP contribution in [0.4, 0.5) is 0 Å². The maximum Gasteiger partial charge on any atom is 0.0587 e. The SMILES string of the molecule is NNCNCCc1c[nH]c2ccccc12. The summed E-state index contributed by atoms with van der Waals surface area (Å²) in [6, 6.07) is 8.34. The third-order valence-electron chi connectivity index (χ3n) is 2.47. The fraction of sp³-hybridized carbons (Fsp3) is 0.273. The molecule has 0 spiro atoms. The van der Waals surface area contributed by atoms with Crippen LogP contribution in [0.1, 0.15) is 5.56 Å². The Kier molecular flexibility index (Phi) is 3.34. The van der Waals surface area contributed by atoms with Crippen LogP contribution in [-0.2, 0) is 6.42 Å². The molecule has 80 valence electrons. The van der Waals surface area contributed by atoms with Gasteiger partial charge < -0.3 is 10.3 Å². The van der Waals surface area contributed by atoms with Crippen LogP contribution in [0.5, 0.6) is 0 Å². The predicted molar refractivity (Wildman–Crippen MR) is 62.2 cm³/mol. The number of benzene rings is 1. The average Bonchev–Trinajstić information content (AvgIpc) is 2.68. The van der Waals surface area contributed by atoms with E-state index in [1.54, 1.807) is 0 Å². The van der Waals surface area contributed by atoms with Crippen molar-refractivity contribution >= 4 is 10.9 Å². The fourth-order valence-electron chi connectivity index (χ4n) is 1.72.